The van der Waals surface area contributed by atoms with E-state index in [4.69, 9.17) is 4.74 Å². The number of aromatic nitrogens is 1. The van der Waals surface area contributed by atoms with Gasteiger partial charge in [0, 0.05) is 32.0 Å². The lowest BCUT2D eigenvalue weighted by Gasteiger charge is -2.18. The minimum absolute atomic E-state index is 0. The molecule has 1 atom stereocenters. The van der Waals surface area contributed by atoms with E-state index < -0.39 is 0 Å². The second-order valence-corrected chi connectivity index (χ2v) is 9.19. The maximum Gasteiger partial charge on any atom is 0.119 e. The van der Waals surface area contributed by atoms with E-state index in [9.17, 15) is 9.50 Å². The average Bonchev–Trinajstić information content (AvgIpc) is 3.22. The van der Waals surface area contributed by atoms with Gasteiger partial charge in [0.1, 0.15) is 17.6 Å². The number of benzene rings is 2. The van der Waals surface area contributed by atoms with Crippen LogP contribution >= 0.6 is 0 Å². The third-order valence-electron chi connectivity index (χ3n) is 6.83. The van der Waals surface area contributed by atoms with Crippen molar-refractivity contribution in [2.45, 2.75) is 45.6 Å². The van der Waals surface area contributed by atoms with Gasteiger partial charge in [-0.15, -0.1) is 0 Å². The van der Waals surface area contributed by atoms with Crippen molar-refractivity contribution in [3.8, 4) is 11.5 Å². The normalized spacial score (nSPS) is 18.0. The summed E-state index contributed by atoms with van der Waals surface area (Å²) in [5, 5.41) is 10.1. The van der Waals surface area contributed by atoms with Crippen LogP contribution in [0.4, 0.5) is 4.39 Å². The Balaban J connectivity index is 0.00000289. The van der Waals surface area contributed by atoms with E-state index in [-0.39, 0.29) is 20.2 Å². The van der Waals surface area contributed by atoms with E-state index in [1.165, 1.54) is 22.3 Å². The summed E-state index contributed by atoms with van der Waals surface area (Å²) >= 11 is 0. The lowest BCUT2D eigenvalue weighted by Crippen LogP contribution is -2.26. The van der Waals surface area contributed by atoms with Crippen molar-refractivity contribution in [1.29, 1.82) is 0 Å². The molecule has 2 aromatic carbocycles. The van der Waals surface area contributed by atoms with E-state index in [1.807, 2.05) is 24.4 Å². The molecule has 5 heteroatoms. The largest absolute Gasteiger partial charge is 0.508 e. The number of rotatable bonds is 7. The van der Waals surface area contributed by atoms with Crippen LogP contribution in [0.15, 0.2) is 67.0 Å². The summed E-state index contributed by atoms with van der Waals surface area (Å²) in [7, 11) is 0. The van der Waals surface area contributed by atoms with Crippen molar-refractivity contribution in [2.75, 3.05) is 26.3 Å². The molecular weight excluding hydrogens is 439 g/mol. The second kappa shape index (κ2) is 11.5. The van der Waals surface area contributed by atoms with Crippen LogP contribution in [0.5, 0.6) is 11.5 Å². The number of phenols is 1. The number of fused-ring (bicyclic) bond motifs is 1. The Kier molecular flexibility index (Phi) is 8.19. The van der Waals surface area contributed by atoms with Crippen LogP contribution in [0.3, 0.4) is 0 Å². The van der Waals surface area contributed by atoms with Gasteiger partial charge in [-0.2, -0.15) is 0 Å². The number of pyridine rings is 1. The number of phenolic OH excluding ortho intramolecular Hbond substituents is 1. The van der Waals surface area contributed by atoms with Gasteiger partial charge in [-0.25, -0.2) is 0 Å². The number of likely N-dealkylation sites (tertiary alicyclic amines) is 1. The molecule has 2 aliphatic rings. The third kappa shape index (κ3) is 5.73. The standard InChI is InChI=1S/C29H31FN2O2.CH4/c30-14-3-16-32-17-13-26(20-32)34-25-10-7-21(8-11-25)29-27(23-5-2-15-31-19-23)6-1-4-22-18-24(33)9-12-28(22)29;/h2,5,7-12,15,18-19,26,33H,1,3-4,6,13-14,16-17,20H2;1H4/t26-;/m0./s1. The van der Waals surface area contributed by atoms with Crippen LogP contribution in [0.25, 0.3) is 11.1 Å². The summed E-state index contributed by atoms with van der Waals surface area (Å²) in [6.45, 7) is 2.36. The summed E-state index contributed by atoms with van der Waals surface area (Å²) in [6.07, 6.45) is 8.36. The lowest BCUT2D eigenvalue weighted by atomic mass is 9.88. The highest BCUT2D eigenvalue weighted by Crippen LogP contribution is 2.40. The zero-order valence-corrected chi connectivity index (χ0v) is 19.4. The van der Waals surface area contributed by atoms with Crippen LogP contribution in [0.2, 0.25) is 0 Å². The van der Waals surface area contributed by atoms with E-state index in [1.54, 1.807) is 12.3 Å². The Labute approximate surface area is 208 Å². The minimum atomic E-state index is -0.261. The number of alkyl halides is 1. The van der Waals surface area contributed by atoms with Crippen molar-refractivity contribution in [3.05, 3.63) is 89.2 Å². The maximum absolute atomic E-state index is 12.5. The molecule has 1 aliphatic carbocycles. The first kappa shape index (κ1) is 24.9. The van der Waals surface area contributed by atoms with Gasteiger partial charge in [-0.3, -0.25) is 14.3 Å². The van der Waals surface area contributed by atoms with Crippen molar-refractivity contribution in [2.24, 2.45) is 0 Å². The van der Waals surface area contributed by atoms with Gasteiger partial charge in [0.2, 0.25) is 0 Å². The molecule has 0 unspecified atom stereocenters. The third-order valence-corrected chi connectivity index (χ3v) is 6.83. The number of hydrogen-bond donors (Lipinski definition) is 1. The number of allylic oxidation sites excluding steroid dienone is 1. The molecular formula is C30H35FN2O2. The molecule has 184 valence electrons. The molecule has 1 N–H and O–H groups in total. The number of aromatic hydroxyl groups is 1. The topological polar surface area (TPSA) is 45.6 Å². The summed E-state index contributed by atoms with van der Waals surface area (Å²) in [4.78, 5) is 6.65. The quantitative estimate of drug-likeness (QED) is 0.423. The average molecular weight is 475 g/mol. The van der Waals surface area contributed by atoms with Crippen LogP contribution < -0.4 is 4.74 Å². The Morgan fingerprint density at radius 1 is 1.06 bits per heavy atom. The molecule has 3 aromatic rings. The molecule has 2 heterocycles. The SMILES string of the molecule is C.Oc1ccc2c(c1)CCCC(c1cccnc1)=C2c1ccc(O[C@H]2CCN(CCCF)C2)cc1. The second-order valence-electron chi connectivity index (χ2n) is 9.19. The molecule has 1 fully saturated rings. The lowest BCUT2D eigenvalue weighted by molar-refractivity contribution is 0.198. The minimum Gasteiger partial charge on any atom is -0.508 e. The van der Waals surface area contributed by atoms with Crippen LogP contribution in [0.1, 0.15) is 55.4 Å². The Morgan fingerprint density at radius 3 is 2.69 bits per heavy atom. The molecule has 0 spiro atoms. The van der Waals surface area contributed by atoms with E-state index >= 15 is 0 Å². The molecule has 1 aromatic heterocycles. The number of nitrogens with zero attached hydrogens (tertiary/aromatic N) is 2. The van der Waals surface area contributed by atoms with Gasteiger partial charge in [0.05, 0.1) is 6.67 Å². The van der Waals surface area contributed by atoms with Gasteiger partial charge in [0.15, 0.2) is 0 Å². The molecule has 0 saturated carbocycles. The number of halogens is 1. The summed E-state index contributed by atoms with van der Waals surface area (Å²) in [5.74, 6) is 1.17. The van der Waals surface area contributed by atoms with E-state index in [2.05, 4.69) is 40.2 Å². The van der Waals surface area contributed by atoms with E-state index in [0.29, 0.717) is 12.2 Å². The number of ether oxygens (including phenoxy) is 1. The highest BCUT2D eigenvalue weighted by Gasteiger charge is 2.24. The molecule has 0 bridgehead atoms. The Hall–Kier alpha value is -3.18. The van der Waals surface area contributed by atoms with Gasteiger partial charge >= 0.3 is 0 Å². The highest BCUT2D eigenvalue weighted by molar-refractivity contribution is 5.99. The summed E-state index contributed by atoms with van der Waals surface area (Å²) in [5.41, 5.74) is 7.10. The first-order chi connectivity index (χ1) is 16.7. The zero-order valence-electron chi connectivity index (χ0n) is 19.4. The molecule has 4 nitrogen and oxygen atoms in total. The van der Waals surface area contributed by atoms with Gasteiger partial charge in [-0.1, -0.05) is 31.7 Å². The monoisotopic (exact) mass is 474 g/mol. The predicted octanol–water partition coefficient (Wildman–Crippen LogP) is 6.53. The first-order valence-corrected chi connectivity index (χ1v) is 12.2. The van der Waals surface area contributed by atoms with Crippen molar-refractivity contribution in [1.82, 2.24) is 9.88 Å². The molecule has 5 rings (SSSR count). The van der Waals surface area contributed by atoms with Crippen molar-refractivity contribution in [3.63, 3.8) is 0 Å². The van der Waals surface area contributed by atoms with Crippen LogP contribution in [0, 0.1) is 0 Å². The maximum atomic E-state index is 12.5. The first-order valence-electron chi connectivity index (χ1n) is 12.2. The summed E-state index contributed by atoms with van der Waals surface area (Å²) < 4.78 is 18.7. The number of aryl methyl sites for hydroxylation is 1. The van der Waals surface area contributed by atoms with E-state index in [0.717, 1.165) is 62.2 Å². The molecule has 1 saturated heterocycles. The van der Waals surface area contributed by atoms with Crippen molar-refractivity contribution >= 4 is 11.1 Å². The smallest absolute Gasteiger partial charge is 0.119 e. The van der Waals surface area contributed by atoms with Crippen LogP contribution in [-0.2, 0) is 6.42 Å². The van der Waals surface area contributed by atoms with Crippen LogP contribution in [-0.4, -0.2) is 47.4 Å². The fraction of sp³-hybridized carbons (Fsp3) is 0.367. The highest BCUT2D eigenvalue weighted by atomic mass is 19.1. The Bertz CT molecular complexity index is 1140. The number of hydrogen-bond acceptors (Lipinski definition) is 4. The van der Waals surface area contributed by atoms with Gasteiger partial charge in [-0.05, 0) is 95.8 Å². The fourth-order valence-electron chi connectivity index (χ4n) is 5.21. The predicted molar refractivity (Wildman–Crippen MR) is 140 cm³/mol. The van der Waals surface area contributed by atoms with Gasteiger partial charge < -0.3 is 9.84 Å². The molecule has 1 aliphatic heterocycles. The Morgan fingerprint density at radius 2 is 1.91 bits per heavy atom. The fourth-order valence-corrected chi connectivity index (χ4v) is 5.21. The summed E-state index contributed by atoms with van der Waals surface area (Å²) in [6, 6.07) is 18.2. The molecule has 0 amide bonds. The molecule has 35 heavy (non-hydrogen) atoms. The molecule has 0 radical (unpaired) electrons. The van der Waals surface area contributed by atoms with Gasteiger partial charge in [0.25, 0.3) is 0 Å². The zero-order chi connectivity index (χ0) is 23.3. The van der Waals surface area contributed by atoms with Crippen molar-refractivity contribution < 1.29 is 14.2 Å².